The van der Waals surface area contributed by atoms with Gasteiger partial charge in [-0.15, -0.1) is 16.8 Å². The second-order valence-electron chi connectivity index (χ2n) is 4.37. The van der Waals surface area contributed by atoms with Gasteiger partial charge in [-0.05, 0) is 12.1 Å². The molecule has 0 aliphatic carbocycles. The maximum Gasteiger partial charge on any atom is 0.237 e. The Balaban J connectivity index is 1.69. The fourth-order valence-electron chi connectivity index (χ4n) is 1.81. The zero-order valence-electron chi connectivity index (χ0n) is 11.5. The molecule has 112 valence electrons. The summed E-state index contributed by atoms with van der Waals surface area (Å²) in [5.74, 6) is 1.66. The third-order valence-corrected chi connectivity index (χ3v) is 4.24. The normalized spacial score (nSPS) is 10.8. The maximum absolute atomic E-state index is 5.28. The summed E-state index contributed by atoms with van der Waals surface area (Å²) >= 11 is 4.92. The van der Waals surface area contributed by atoms with E-state index in [9.17, 15) is 0 Å². The highest BCUT2D eigenvalue weighted by atomic mass is 79.9. The van der Waals surface area contributed by atoms with Gasteiger partial charge in [0.25, 0.3) is 0 Å². The maximum atomic E-state index is 5.28. The molecule has 0 radical (unpaired) electrons. The van der Waals surface area contributed by atoms with Crippen LogP contribution in [0.3, 0.4) is 0 Å². The predicted octanol–water partition coefficient (Wildman–Crippen LogP) is 3.57. The molecule has 0 unspecified atom stereocenters. The largest absolute Gasteiger partial charge is 0.338 e. The van der Waals surface area contributed by atoms with Crippen molar-refractivity contribution in [3.05, 3.63) is 53.6 Å². The van der Waals surface area contributed by atoms with Crippen molar-refractivity contribution in [1.82, 2.24) is 24.9 Å². The lowest BCUT2D eigenvalue weighted by molar-refractivity contribution is 0.391. The molecule has 8 heteroatoms. The van der Waals surface area contributed by atoms with Gasteiger partial charge in [-0.2, -0.15) is 4.98 Å². The SMILES string of the molecule is C=CCn1cnnc1SCc1nc(-c2cccc(Br)c2)no1. The van der Waals surface area contributed by atoms with Crippen LogP contribution in [0.4, 0.5) is 0 Å². The van der Waals surface area contributed by atoms with Crippen molar-refractivity contribution < 1.29 is 4.52 Å². The molecular formula is C14H12BrN5OS. The highest BCUT2D eigenvalue weighted by Gasteiger charge is 2.11. The molecule has 3 rings (SSSR count). The third-order valence-electron chi connectivity index (χ3n) is 2.78. The average molecular weight is 378 g/mol. The second kappa shape index (κ2) is 6.89. The highest BCUT2D eigenvalue weighted by Crippen LogP contribution is 2.23. The van der Waals surface area contributed by atoms with Crippen LogP contribution in [0.25, 0.3) is 11.4 Å². The Bertz CT molecular complexity index is 785. The number of nitrogens with zero attached hydrogens (tertiary/aromatic N) is 5. The van der Waals surface area contributed by atoms with Crippen molar-refractivity contribution in [1.29, 1.82) is 0 Å². The third kappa shape index (κ3) is 3.45. The Morgan fingerprint density at radius 3 is 3.14 bits per heavy atom. The molecule has 0 aliphatic heterocycles. The van der Waals surface area contributed by atoms with E-state index in [1.165, 1.54) is 11.8 Å². The van der Waals surface area contributed by atoms with E-state index in [0.717, 1.165) is 15.2 Å². The predicted molar refractivity (Wildman–Crippen MR) is 87.2 cm³/mol. The first-order valence-corrected chi connectivity index (χ1v) is 8.24. The molecule has 2 heterocycles. The van der Waals surface area contributed by atoms with Gasteiger partial charge in [0.15, 0.2) is 5.16 Å². The molecule has 0 bridgehead atoms. The fourth-order valence-corrected chi connectivity index (χ4v) is 2.97. The molecule has 22 heavy (non-hydrogen) atoms. The lowest BCUT2D eigenvalue weighted by Crippen LogP contribution is -1.95. The molecule has 0 saturated heterocycles. The van der Waals surface area contributed by atoms with Crippen LogP contribution in [0.1, 0.15) is 5.89 Å². The summed E-state index contributed by atoms with van der Waals surface area (Å²) in [5, 5.41) is 12.7. The van der Waals surface area contributed by atoms with Crippen molar-refractivity contribution in [3.8, 4) is 11.4 Å². The minimum absolute atomic E-state index is 0.539. The summed E-state index contributed by atoms with van der Waals surface area (Å²) < 4.78 is 8.16. The van der Waals surface area contributed by atoms with E-state index in [-0.39, 0.29) is 0 Å². The van der Waals surface area contributed by atoms with E-state index in [4.69, 9.17) is 4.52 Å². The number of hydrogen-bond donors (Lipinski definition) is 0. The standard InChI is InChI=1S/C14H12BrN5OS/c1-2-6-20-9-16-18-14(20)22-8-12-17-13(19-21-12)10-4-3-5-11(15)7-10/h2-5,7,9H,1,6,8H2. The van der Waals surface area contributed by atoms with E-state index in [0.29, 0.717) is 24.0 Å². The van der Waals surface area contributed by atoms with Crippen LogP contribution in [0, 0.1) is 0 Å². The number of aromatic nitrogens is 5. The van der Waals surface area contributed by atoms with E-state index in [2.05, 4.69) is 42.8 Å². The Hall–Kier alpha value is -1.93. The number of hydrogen-bond acceptors (Lipinski definition) is 6. The van der Waals surface area contributed by atoms with Crippen LogP contribution >= 0.6 is 27.7 Å². The molecule has 0 atom stereocenters. The summed E-state index contributed by atoms with van der Waals surface area (Å²) in [5.41, 5.74) is 0.907. The molecule has 3 aromatic rings. The van der Waals surface area contributed by atoms with Crippen LogP contribution in [0.5, 0.6) is 0 Å². The zero-order chi connectivity index (χ0) is 15.4. The van der Waals surface area contributed by atoms with E-state index >= 15 is 0 Å². The van der Waals surface area contributed by atoms with Crippen molar-refractivity contribution >= 4 is 27.7 Å². The van der Waals surface area contributed by atoms with Gasteiger partial charge < -0.3 is 9.09 Å². The number of halogens is 1. The van der Waals surface area contributed by atoms with Crippen molar-refractivity contribution in [2.45, 2.75) is 17.5 Å². The van der Waals surface area contributed by atoms with Gasteiger partial charge in [-0.3, -0.25) is 0 Å². The molecule has 0 amide bonds. The summed E-state index contributed by atoms with van der Waals surface area (Å²) in [6.45, 7) is 4.38. The van der Waals surface area contributed by atoms with Gasteiger partial charge in [-0.1, -0.05) is 51.1 Å². The van der Waals surface area contributed by atoms with Crippen molar-refractivity contribution in [2.24, 2.45) is 0 Å². The van der Waals surface area contributed by atoms with Crippen LogP contribution in [0.2, 0.25) is 0 Å². The van der Waals surface area contributed by atoms with E-state index < -0.39 is 0 Å². The Morgan fingerprint density at radius 1 is 1.41 bits per heavy atom. The van der Waals surface area contributed by atoms with Gasteiger partial charge in [0.2, 0.25) is 11.7 Å². The summed E-state index contributed by atoms with van der Waals surface area (Å²) in [6.07, 6.45) is 3.47. The van der Waals surface area contributed by atoms with Crippen molar-refractivity contribution in [3.63, 3.8) is 0 Å². The molecule has 0 aliphatic rings. The molecule has 0 spiro atoms. The lowest BCUT2D eigenvalue weighted by Gasteiger charge is -2.00. The number of rotatable bonds is 6. The highest BCUT2D eigenvalue weighted by molar-refractivity contribution is 9.10. The zero-order valence-corrected chi connectivity index (χ0v) is 13.9. The smallest absolute Gasteiger partial charge is 0.237 e. The fraction of sp³-hybridized carbons (Fsp3) is 0.143. The Morgan fingerprint density at radius 2 is 2.32 bits per heavy atom. The molecule has 1 aromatic carbocycles. The first-order chi connectivity index (χ1) is 10.8. The molecule has 2 aromatic heterocycles. The number of allylic oxidation sites excluding steroid dienone is 1. The van der Waals surface area contributed by atoms with Crippen LogP contribution in [-0.4, -0.2) is 24.9 Å². The second-order valence-corrected chi connectivity index (χ2v) is 6.22. The molecule has 0 N–H and O–H groups in total. The number of benzene rings is 1. The Kier molecular flexibility index (Phi) is 4.69. The summed E-state index contributed by atoms with van der Waals surface area (Å²) in [4.78, 5) is 4.40. The van der Waals surface area contributed by atoms with E-state index in [1.807, 2.05) is 28.8 Å². The van der Waals surface area contributed by atoms with Crippen LogP contribution in [-0.2, 0) is 12.3 Å². The molecule has 0 fully saturated rings. The minimum Gasteiger partial charge on any atom is -0.338 e. The molecule has 0 saturated carbocycles. The lowest BCUT2D eigenvalue weighted by atomic mass is 10.2. The van der Waals surface area contributed by atoms with Gasteiger partial charge in [0, 0.05) is 16.6 Å². The van der Waals surface area contributed by atoms with Gasteiger partial charge in [0.05, 0.1) is 5.75 Å². The van der Waals surface area contributed by atoms with Crippen molar-refractivity contribution in [2.75, 3.05) is 0 Å². The quantitative estimate of drug-likeness (QED) is 0.483. The monoisotopic (exact) mass is 377 g/mol. The average Bonchev–Trinajstić information content (AvgIpc) is 3.15. The molecular weight excluding hydrogens is 366 g/mol. The van der Waals surface area contributed by atoms with Gasteiger partial charge in [0.1, 0.15) is 6.33 Å². The van der Waals surface area contributed by atoms with E-state index in [1.54, 1.807) is 12.4 Å². The van der Waals surface area contributed by atoms with Crippen LogP contribution in [0.15, 0.2) is 57.4 Å². The molecule has 6 nitrogen and oxygen atoms in total. The summed E-state index contributed by atoms with van der Waals surface area (Å²) in [7, 11) is 0. The topological polar surface area (TPSA) is 69.6 Å². The van der Waals surface area contributed by atoms with Gasteiger partial charge >= 0.3 is 0 Å². The van der Waals surface area contributed by atoms with Gasteiger partial charge in [-0.25, -0.2) is 0 Å². The summed E-state index contributed by atoms with van der Waals surface area (Å²) in [6, 6.07) is 7.77. The Labute approximate surface area is 139 Å². The first-order valence-electron chi connectivity index (χ1n) is 6.46. The minimum atomic E-state index is 0.539. The van der Waals surface area contributed by atoms with Crippen LogP contribution < -0.4 is 0 Å². The first kappa shape index (κ1) is 15.0. The number of thioether (sulfide) groups is 1.